The smallest absolute Gasteiger partial charge is 0.325 e. The Balaban J connectivity index is 1.41. The number of nitrogens with one attached hydrogen (secondary N) is 2. The molecule has 1 aromatic heterocycles. The predicted molar refractivity (Wildman–Crippen MR) is 116 cm³/mol. The van der Waals surface area contributed by atoms with Gasteiger partial charge in [-0.15, -0.1) is 0 Å². The molecule has 1 aliphatic carbocycles. The Kier molecular flexibility index (Phi) is 5.54. The molecular weight excluding hydrogens is 380 g/mol. The van der Waals surface area contributed by atoms with Crippen LogP contribution in [0.2, 0.25) is 0 Å². The third-order valence-electron chi connectivity index (χ3n) is 6.60. The van der Waals surface area contributed by atoms with E-state index in [-0.39, 0.29) is 18.4 Å². The lowest BCUT2D eigenvalue weighted by atomic mass is 9.75. The average Bonchev–Trinajstić information content (AvgIpc) is 3.23. The van der Waals surface area contributed by atoms with Crippen LogP contribution in [-0.2, 0) is 16.1 Å². The zero-order valence-corrected chi connectivity index (χ0v) is 17.7. The molecule has 2 fully saturated rings. The number of rotatable bonds is 6. The van der Waals surface area contributed by atoms with Crippen molar-refractivity contribution in [2.75, 3.05) is 11.9 Å². The van der Waals surface area contributed by atoms with Crippen molar-refractivity contribution >= 4 is 34.4 Å². The molecule has 160 valence electrons. The molecule has 0 unspecified atom stereocenters. The van der Waals surface area contributed by atoms with E-state index in [0.29, 0.717) is 24.4 Å². The number of anilines is 1. The minimum atomic E-state index is -0.815. The number of benzene rings is 1. The summed E-state index contributed by atoms with van der Waals surface area (Å²) in [5.74, 6) is -0.0192. The first kappa shape index (κ1) is 20.4. The fourth-order valence-corrected chi connectivity index (χ4v) is 4.80. The molecule has 1 spiro atoms. The van der Waals surface area contributed by atoms with Crippen LogP contribution in [-0.4, -0.2) is 39.4 Å². The number of imide groups is 1. The van der Waals surface area contributed by atoms with E-state index >= 15 is 0 Å². The maximum Gasteiger partial charge on any atom is 0.325 e. The van der Waals surface area contributed by atoms with Gasteiger partial charge in [0.05, 0.1) is 0 Å². The first-order valence-electron chi connectivity index (χ1n) is 11.0. The van der Waals surface area contributed by atoms with E-state index in [0.717, 1.165) is 48.0 Å². The van der Waals surface area contributed by atoms with Gasteiger partial charge >= 0.3 is 6.03 Å². The number of aromatic nitrogens is 1. The Labute approximate surface area is 176 Å². The van der Waals surface area contributed by atoms with Crippen LogP contribution in [0.4, 0.5) is 10.5 Å². The third-order valence-corrected chi connectivity index (χ3v) is 6.60. The number of hydrogen-bond donors (Lipinski definition) is 2. The number of nitrogens with zero attached hydrogens (tertiary/aromatic N) is 2. The van der Waals surface area contributed by atoms with Crippen molar-refractivity contribution in [3.63, 3.8) is 0 Å². The molecule has 1 saturated carbocycles. The van der Waals surface area contributed by atoms with Gasteiger partial charge in [0.2, 0.25) is 5.91 Å². The molecule has 7 heteroatoms. The highest BCUT2D eigenvalue weighted by atomic mass is 16.2. The first-order chi connectivity index (χ1) is 14.5. The van der Waals surface area contributed by atoms with Gasteiger partial charge in [0, 0.05) is 29.3 Å². The van der Waals surface area contributed by atoms with E-state index in [2.05, 4.69) is 29.0 Å². The molecule has 4 rings (SSSR count). The Bertz CT molecular complexity index is 972. The van der Waals surface area contributed by atoms with Crippen molar-refractivity contribution in [2.45, 2.75) is 64.5 Å². The number of carbonyl (C=O) groups excluding carboxylic acids is 3. The SMILES string of the molecule is CCCn1ccc2cc(NC(=O)CN3C(=O)NC4(CCC(CC)CC4)C3=O)ccc21. The van der Waals surface area contributed by atoms with Gasteiger partial charge in [-0.3, -0.25) is 14.5 Å². The van der Waals surface area contributed by atoms with E-state index in [1.54, 1.807) is 0 Å². The van der Waals surface area contributed by atoms with E-state index in [1.165, 1.54) is 0 Å². The average molecular weight is 411 g/mol. The summed E-state index contributed by atoms with van der Waals surface area (Å²) in [6, 6.07) is 7.31. The summed E-state index contributed by atoms with van der Waals surface area (Å²) in [4.78, 5) is 39.1. The van der Waals surface area contributed by atoms with Gasteiger partial charge in [0.25, 0.3) is 5.91 Å². The molecule has 4 amide bonds. The molecular formula is C23H30N4O3. The van der Waals surface area contributed by atoms with Gasteiger partial charge in [0.15, 0.2) is 0 Å². The molecule has 1 aromatic carbocycles. The Morgan fingerprint density at radius 1 is 1.20 bits per heavy atom. The normalized spacial score (nSPS) is 23.9. The minimum Gasteiger partial charge on any atom is -0.347 e. The molecule has 7 nitrogen and oxygen atoms in total. The summed E-state index contributed by atoms with van der Waals surface area (Å²) in [6.07, 6.45) is 7.35. The summed E-state index contributed by atoms with van der Waals surface area (Å²) >= 11 is 0. The molecule has 1 aliphatic heterocycles. The number of amides is 4. The molecule has 0 bridgehead atoms. The number of fused-ring (bicyclic) bond motifs is 1. The topological polar surface area (TPSA) is 83.4 Å². The summed E-state index contributed by atoms with van der Waals surface area (Å²) in [5, 5.41) is 6.75. The minimum absolute atomic E-state index is 0.260. The van der Waals surface area contributed by atoms with Crippen molar-refractivity contribution in [1.82, 2.24) is 14.8 Å². The second-order valence-electron chi connectivity index (χ2n) is 8.59. The molecule has 0 atom stereocenters. The molecule has 2 aliphatic rings. The molecule has 30 heavy (non-hydrogen) atoms. The quantitative estimate of drug-likeness (QED) is 0.709. The second-order valence-corrected chi connectivity index (χ2v) is 8.59. The monoisotopic (exact) mass is 410 g/mol. The van der Waals surface area contributed by atoms with Gasteiger partial charge in [-0.1, -0.05) is 20.3 Å². The van der Waals surface area contributed by atoms with Crippen LogP contribution < -0.4 is 10.6 Å². The maximum atomic E-state index is 13.0. The largest absolute Gasteiger partial charge is 0.347 e. The van der Waals surface area contributed by atoms with E-state index in [1.807, 2.05) is 30.5 Å². The fraction of sp³-hybridized carbons (Fsp3) is 0.522. The summed E-state index contributed by atoms with van der Waals surface area (Å²) in [6.45, 7) is 4.97. The Morgan fingerprint density at radius 2 is 1.97 bits per heavy atom. The number of carbonyl (C=O) groups is 3. The molecule has 2 N–H and O–H groups in total. The molecule has 2 heterocycles. The summed E-state index contributed by atoms with van der Waals surface area (Å²) in [7, 11) is 0. The van der Waals surface area contributed by atoms with Gasteiger partial charge < -0.3 is 15.2 Å². The first-order valence-corrected chi connectivity index (χ1v) is 11.0. The van der Waals surface area contributed by atoms with E-state index in [4.69, 9.17) is 0 Å². The number of urea groups is 1. The molecule has 0 radical (unpaired) electrons. The van der Waals surface area contributed by atoms with E-state index < -0.39 is 11.6 Å². The highest BCUT2D eigenvalue weighted by molar-refractivity contribution is 6.10. The van der Waals surface area contributed by atoms with Crippen LogP contribution >= 0.6 is 0 Å². The third kappa shape index (κ3) is 3.68. The van der Waals surface area contributed by atoms with Crippen molar-refractivity contribution < 1.29 is 14.4 Å². The van der Waals surface area contributed by atoms with Crippen molar-refractivity contribution in [2.24, 2.45) is 5.92 Å². The second kappa shape index (κ2) is 8.13. The van der Waals surface area contributed by atoms with Gasteiger partial charge in [0.1, 0.15) is 12.1 Å². The standard InChI is InChI=1S/C23H30N4O3/c1-3-12-26-13-9-17-14-18(5-6-19(17)26)24-20(28)15-27-21(29)23(25-22(27)30)10-7-16(4-2)8-11-23/h5-6,9,13-14,16H,3-4,7-8,10-12,15H2,1-2H3,(H,24,28)(H,25,30). The zero-order chi connectivity index (χ0) is 21.3. The van der Waals surface area contributed by atoms with E-state index in [9.17, 15) is 14.4 Å². The van der Waals surface area contributed by atoms with Crippen molar-refractivity contribution in [3.05, 3.63) is 30.5 Å². The van der Waals surface area contributed by atoms with Crippen LogP contribution in [0.5, 0.6) is 0 Å². The summed E-state index contributed by atoms with van der Waals surface area (Å²) in [5.41, 5.74) is 0.963. The molecule has 1 saturated heterocycles. The summed E-state index contributed by atoms with van der Waals surface area (Å²) < 4.78 is 2.18. The lowest BCUT2D eigenvalue weighted by Gasteiger charge is -2.34. The maximum absolute atomic E-state index is 13.0. The zero-order valence-electron chi connectivity index (χ0n) is 17.7. The van der Waals surface area contributed by atoms with Crippen LogP contribution in [0, 0.1) is 5.92 Å². The Morgan fingerprint density at radius 3 is 2.67 bits per heavy atom. The van der Waals surface area contributed by atoms with Gasteiger partial charge in [-0.05, 0) is 62.3 Å². The predicted octanol–water partition coefficient (Wildman–Crippen LogP) is 3.88. The Hall–Kier alpha value is -2.83. The number of aryl methyl sites for hydroxylation is 1. The van der Waals surface area contributed by atoms with Crippen molar-refractivity contribution in [3.8, 4) is 0 Å². The van der Waals surface area contributed by atoms with Gasteiger partial charge in [-0.2, -0.15) is 0 Å². The highest BCUT2D eigenvalue weighted by Crippen LogP contribution is 2.37. The van der Waals surface area contributed by atoms with Gasteiger partial charge in [-0.25, -0.2) is 4.79 Å². The number of hydrogen-bond acceptors (Lipinski definition) is 3. The molecule has 2 aromatic rings. The van der Waals surface area contributed by atoms with Crippen LogP contribution in [0.3, 0.4) is 0 Å². The highest BCUT2D eigenvalue weighted by Gasteiger charge is 2.52. The fourth-order valence-electron chi connectivity index (χ4n) is 4.80. The van der Waals surface area contributed by atoms with Crippen LogP contribution in [0.25, 0.3) is 10.9 Å². The lowest BCUT2D eigenvalue weighted by Crippen LogP contribution is -2.49. The van der Waals surface area contributed by atoms with Crippen molar-refractivity contribution in [1.29, 1.82) is 0 Å². The lowest BCUT2D eigenvalue weighted by molar-refractivity contribution is -0.135. The van der Waals surface area contributed by atoms with Crippen LogP contribution in [0.1, 0.15) is 52.4 Å². The van der Waals surface area contributed by atoms with Crippen LogP contribution in [0.15, 0.2) is 30.5 Å².